The van der Waals surface area contributed by atoms with E-state index in [1.54, 1.807) is 0 Å². The molecule has 2 nitrogen and oxygen atoms in total. The van der Waals surface area contributed by atoms with Crippen molar-refractivity contribution >= 4 is 27.5 Å². The van der Waals surface area contributed by atoms with Crippen LogP contribution in [0.2, 0.25) is 5.02 Å². The molecule has 1 unspecified atom stereocenters. The van der Waals surface area contributed by atoms with Crippen LogP contribution in [0.4, 0.5) is 0 Å². The molecule has 0 saturated carbocycles. The molecule has 1 aliphatic rings. The first kappa shape index (κ1) is 14.3. The maximum absolute atomic E-state index is 6.15. The molecule has 1 saturated heterocycles. The van der Waals surface area contributed by atoms with Gasteiger partial charge in [-0.3, -0.25) is 0 Å². The van der Waals surface area contributed by atoms with Gasteiger partial charge in [0.15, 0.2) is 0 Å². The van der Waals surface area contributed by atoms with Crippen molar-refractivity contribution in [3.05, 3.63) is 33.3 Å². The van der Waals surface area contributed by atoms with Gasteiger partial charge in [0.1, 0.15) is 0 Å². The van der Waals surface area contributed by atoms with E-state index in [4.69, 9.17) is 16.3 Å². The van der Waals surface area contributed by atoms with E-state index in [0.717, 1.165) is 42.1 Å². The lowest BCUT2D eigenvalue weighted by Gasteiger charge is -2.31. The largest absolute Gasteiger partial charge is 0.381 e. The van der Waals surface area contributed by atoms with Crippen molar-refractivity contribution in [2.45, 2.75) is 25.8 Å². The van der Waals surface area contributed by atoms with Gasteiger partial charge < -0.3 is 10.1 Å². The number of benzene rings is 1. The topological polar surface area (TPSA) is 21.3 Å². The monoisotopic (exact) mass is 331 g/mol. The first-order valence-electron chi connectivity index (χ1n) is 6.48. The summed E-state index contributed by atoms with van der Waals surface area (Å²) in [6.07, 6.45) is 2.23. The van der Waals surface area contributed by atoms with E-state index < -0.39 is 0 Å². The van der Waals surface area contributed by atoms with Crippen LogP contribution < -0.4 is 5.32 Å². The highest BCUT2D eigenvalue weighted by Gasteiger charge is 2.25. The lowest BCUT2D eigenvalue weighted by Crippen LogP contribution is -2.32. The zero-order valence-corrected chi connectivity index (χ0v) is 12.9. The Balaban J connectivity index is 2.22. The van der Waals surface area contributed by atoms with Crippen molar-refractivity contribution in [1.82, 2.24) is 5.32 Å². The molecular formula is C14H19BrClNO. The van der Waals surface area contributed by atoms with Gasteiger partial charge in [0.05, 0.1) is 0 Å². The van der Waals surface area contributed by atoms with Crippen LogP contribution in [0.3, 0.4) is 0 Å². The molecule has 0 bridgehead atoms. The van der Waals surface area contributed by atoms with E-state index in [9.17, 15) is 0 Å². The van der Waals surface area contributed by atoms with Crippen molar-refractivity contribution < 1.29 is 4.74 Å². The van der Waals surface area contributed by atoms with E-state index in [1.807, 2.05) is 6.07 Å². The average Bonchev–Trinajstić information content (AvgIpc) is 2.36. The standard InChI is InChI=1S/C14H19BrClNO/c1-2-17-14(10-3-5-18-6-4-10)11-7-12(15)9-13(16)8-11/h7-10,14,17H,2-6H2,1H3. The number of halogens is 2. The molecule has 2 rings (SSSR count). The third-order valence-corrected chi connectivity index (χ3v) is 4.08. The van der Waals surface area contributed by atoms with Gasteiger partial charge in [-0.1, -0.05) is 34.5 Å². The summed E-state index contributed by atoms with van der Waals surface area (Å²) in [5.74, 6) is 0.629. The minimum atomic E-state index is 0.369. The molecule has 18 heavy (non-hydrogen) atoms. The Morgan fingerprint density at radius 1 is 1.39 bits per heavy atom. The molecule has 0 radical (unpaired) electrons. The summed E-state index contributed by atoms with van der Waals surface area (Å²) >= 11 is 9.67. The number of rotatable bonds is 4. The van der Waals surface area contributed by atoms with Crippen molar-refractivity contribution in [2.24, 2.45) is 5.92 Å². The summed E-state index contributed by atoms with van der Waals surface area (Å²) in [5.41, 5.74) is 1.27. The van der Waals surface area contributed by atoms with Gasteiger partial charge in [-0.25, -0.2) is 0 Å². The molecule has 1 aromatic carbocycles. The first-order chi connectivity index (χ1) is 8.70. The molecule has 1 atom stereocenters. The third-order valence-electron chi connectivity index (χ3n) is 3.41. The number of ether oxygens (including phenoxy) is 1. The molecule has 1 aromatic rings. The second-order valence-electron chi connectivity index (χ2n) is 4.69. The molecule has 0 aromatic heterocycles. The van der Waals surface area contributed by atoms with E-state index in [1.165, 1.54) is 5.56 Å². The Morgan fingerprint density at radius 3 is 2.72 bits per heavy atom. The highest BCUT2D eigenvalue weighted by Crippen LogP contribution is 2.33. The fraction of sp³-hybridized carbons (Fsp3) is 0.571. The molecule has 1 fully saturated rings. The molecule has 0 amide bonds. The van der Waals surface area contributed by atoms with Gasteiger partial charge in [0, 0.05) is 28.8 Å². The summed E-state index contributed by atoms with van der Waals surface area (Å²) in [7, 11) is 0. The second kappa shape index (κ2) is 6.90. The lowest BCUT2D eigenvalue weighted by molar-refractivity contribution is 0.0538. The van der Waals surface area contributed by atoms with Crippen molar-refractivity contribution in [3.8, 4) is 0 Å². The minimum absolute atomic E-state index is 0.369. The smallest absolute Gasteiger partial charge is 0.0469 e. The molecule has 0 spiro atoms. The van der Waals surface area contributed by atoms with Crippen LogP contribution in [0.5, 0.6) is 0 Å². The summed E-state index contributed by atoms with van der Waals surface area (Å²) < 4.78 is 6.49. The molecular weight excluding hydrogens is 314 g/mol. The third kappa shape index (κ3) is 3.70. The second-order valence-corrected chi connectivity index (χ2v) is 6.04. The van der Waals surface area contributed by atoms with Crippen molar-refractivity contribution in [1.29, 1.82) is 0 Å². The van der Waals surface area contributed by atoms with E-state index in [0.29, 0.717) is 12.0 Å². The van der Waals surface area contributed by atoms with Crippen LogP contribution in [0, 0.1) is 5.92 Å². The highest BCUT2D eigenvalue weighted by atomic mass is 79.9. The summed E-state index contributed by atoms with van der Waals surface area (Å²) in [6, 6.07) is 6.52. The predicted molar refractivity (Wildman–Crippen MR) is 79.1 cm³/mol. The van der Waals surface area contributed by atoms with Gasteiger partial charge in [-0.05, 0) is 49.1 Å². The maximum atomic E-state index is 6.15. The van der Waals surface area contributed by atoms with Gasteiger partial charge in [0.25, 0.3) is 0 Å². The number of hydrogen-bond donors (Lipinski definition) is 1. The van der Waals surface area contributed by atoms with Crippen LogP contribution >= 0.6 is 27.5 Å². The fourth-order valence-corrected chi connectivity index (χ4v) is 3.47. The van der Waals surface area contributed by atoms with E-state index >= 15 is 0 Å². The summed E-state index contributed by atoms with van der Waals surface area (Å²) in [6.45, 7) is 4.85. The Labute approximate surface area is 122 Å². The van der Waals surface area contributed by atoms with Gasteiger partial charge >= 0.3 is 0 Å². The van der Waals surface area contributed by atoms with Gasteiger partial charge in [-0.15, -0.1) is 0 Å². The van der Waals surface area contributed by atoms with Gasteiger partial charge in [0.2, 0.25) is 0 Å². The van der Waals surface area contributed by atoms with Crippen LogP contribution in [0.25, 0.3) is 0 Å². The molecule has 1 N–H and O–H groups in total. The summed E-state index contributed by atoms with van der Waals surface area (Å²) in [4.78, 5) is 0. The number of nitrogens with one attached hydrogen (secondary N) is 1. The van der Waals surface area contributed by atoms with Gasteiger partial charge in [-0.2, -0.15) is 0 Å². The minimum Gasteiger partial charge on any atom is -0.381 e. The lowest BCUT2D eigenvalue weighted by atomic mass is 9.87. The predicted octanol–water partition coefficient (Wildman–Crippen LogP) is 4.18. The maximum Gasteiger partial charge on any atom is 0.0469 e. The zero-order chi connectivity index (χ0) is 13.0. The Kier molecular flexibility index (Phi) is 5.49. The Morgan fingerprint density at radius 2 is 2.11 bits per heavy atom. The van der Waals surface area contributed by atoms with Crippen molar-refractivity contribution in [3.63, 3.8) is 0 Å². The van der Waals surface area contributed by atoms with Crippen LogP contribution in [0.15, 0.2) is 22.7 Å². The zero-order valence-electron chi connectivity index (χ0n) is 10.6. The van der Waals surface area contributed by atoms with Crippen LogP contribution in [-0.2, 0) is 4.74 Å². The van der Waals surface area contributed by atoms with Crippen molar-refractivity contribution in [2.75, 3.05) is 19.8 Å². The normalized spacial score (nSPS) is 18.8. The highest BCUT2D eigenvalue weighted by molar-refractivity contribution is 9.10. The first-order valence-corrected chi connectivity index (χ1v) is 7.65. The molecule has 1 aliphatic heterocycles. The fourth-order valence-electron chi connectivity index (χ4n) is 2.58. The molecule has 4 heteroatoms. The SMILES string of the molecule is CCNC(c1cc(Cl)cc(Br)c1)C1CCOCC1. The molecule has 1 heterocycles. The van der Waals surface area contributed by atoms with E-state index in [2.05, 4.69) is 40.3 Å². The van der Waals surface area contributed by atoms with Crippen LogP contribution in [-0.4, -0.2) is 19.8 Å². The van der Waals surface area contributed by atoms with Crippen LogP contribution in [0.1, 0.15) is 31.4 Å². The average molecular weight is 333 g/mol. The summed E-state index contributed by atoms with van der Waals surface area (Å²) in [5, 5.41) is 4.37. The number of hydrogen-bond acceptors (Lipinski definition) is 2. The molecule has 0 aliphatic carbocycles. The Hall–Kier alpha value is -0.0900. The quantitative estimate of drug-likeness (QED) is 0.893. The molecule has 100 valence electrons. The van der Waals surface area contributed by atoms with E-state index in [-0.39, 0.29) is 0 Å². The Bertz CT molecular complexity index is 373.